The van der Waals surface area contributed by atoms with Gasteiger partial charge in [0.15, 0.2) is 0 Å². The van der Waals surface area contributed by atoms with Crippen LogP contribution in [-0.2, 0) is 4.74 Å². The van der Waals surface area contributed by atoms with E-state index in [1.54, 1.807) is 0 Å². The Bertz CT molecular complexity index is 138. The highest BCUT2D eigenvalue weighted by atomic mass is 16.6. The lowest BCUT2D eigenvalue weighted by Gasteiger charge is -2.19. The predicted octanol–water partition coefficient (Wildman–Crippen LogP) is 3.13. The lowest BCUT2D eigenvalue weighted by molar-refractivity contribution is 0.261. The number of hydrogen-bond acceptors (Lipinski definition) is 1. The predicted molar refractivity (Wildman–Crippen MR) is 50.1 cm³/mol. The Balaban J connectivity index is 1.72. The molecule has 1 nitrogen and oxygen atoms in total. The molecule has 0 radical (unpaired) electrons. The van der Waals surface area contributed by atoms with Gasteiger partial charge in [-0.3, -0.25) is 0 Å². The molecule has 0 bridgehead atoms. The molecule has 1 aliphatic heterocycles. The Morgan fingerprint density at radius 3 is 2.58 bits per heavy atom. The third-order valence-electron chi connectivity index (χ3n) is 3.31. The van der Waals surface area contributed by atoms with E-state index in [4.69, 9.17) is 4.74 Å². The van der Waals surface area contributed by atoms with Crippen molar-refractivity contribution in [2.24, 2.45) is 5.92 Å². The molecular weight excluding hydrogens is 148 g/mol. The fourth-order valence-electron chi connectivity index (χ4n) is 2.55. The van der Waals surface area contributed by atoms with Gasteiger partial charge in [0.1, 0.15) is 0 Å². The van der Waals surface area contributed by atoms with Crippen LogP contribution in [0.1, 0.15) is 51.9 Å². The van der Waals surface area contributed by atoms with Gasteiger partial charge in [-0.2, -0.15) is 0 Å². The first-order valence-electron chi connectivity index (χ1n) is 5.57. The molecule has 0 N–H and O–H groups in total. The summed E-state index contributed by atoms with van der Waals surface area (Å²) in [7, 11) is 0. The van der Waals surface area contributed by atoms with E-state index in [0.717, 1.165) is 5.92 Å². The molecule has 1 heteroatoms. The molecular formula is C11H20O. The zero-order valence-electron chi connectivity index (χ0n) is 8.09. The van der Waals surface area contributed by atoms with Crippen molar-refractivity contribution in [3.05, 3.63) is 0 Å². The fourth-order valence-corrected chi connectivity index (χ4v) is 2.55. The molecule has 0 aromatic heterocycles. The minimum Gasteiger partial charge on any atom is -0.369 e. The summed E-state index contributed by atoms with van der Waals surface area (Å²) in [6.07, 6.45) is 11.1. The average molecular weight is 168 g/mol. The van der Waals surface area contributed by atoms with Crippen molar-refractivity contribution < 1.29 is 4.74 Å². The maximum atomic E-state index is 5.70. The van der Waals surface area contributed by atoms with Crippen molar-refractivity contribution >= 4 is 0 Å². The van der Waals surface area contributed by atoms with Crippen molar-refractivity contribution in [2.75, 3.05) is 0 Å². The Morgan fingerprint density at radius 1 is 1.17 bits per heavy atom. The molecule has 0 spiro atoms. The second-order valence-electron chi connectivity index (χ2n) is 4.33. The lowest BCUT2D eigenvalue weighted by atomic mass is 9.85. The molecule has 2 atom stereocenters. The van der Waals surface area contributed by atoms with E-state index < -0.39 is 0 Å². The van der Waals surface area contributed by atoms with Crippen molar-refractivity contribution in [2.45, 2.75) is 64.1 Å². The van der Waals surface area contributed by atoms with Gasteiger partial charge in [-0.15, -0.1) is 0 Å². The maximum Gasteiger partial charge on any atom is 0.0869 e. The molecule has 0 aromatic rings. The minimum atomic E-state index is 0.651. The van der Waals surface area contributed by atoms with Gasteiger partial charge in [-0.1, -0.05) is 32.6 Å². The van der Waals surface area contributed by atoms with Crippen LogP contribution in [0.3, 0.4) is 0 Å². The highest BCUT2D eigenvalue weighted by Gasteiger charge is 2.43. The standard InChI is InChI=1S/C11H20O/c1-2-6-10-11(12-10)9-7-4-3-5-8-9/h9-11H,2-8H2,1H3. The van der Waals surface area contributed by atoms with Gasteiger partial charge >= 0.3 is 0 Å². The topological polar surface area (TPSA) is 12.5 Å². The molecule has 0 aromatic carbocycles. The second-order valence-corrected chi connectivity index (χ2v) is 4.33. The Labute approximate surface area is 75.5 Å². The van der Waals surface area contributed by atoms with E-state index in [-0.39, 0.29) is 0 Å². The van der Waals surface area contributed by atoms with Gasteiger partial charge in [0.05, 0.1) is 12.2 Å². The zero-order chi connectivity index (χ0) is 8.39. The zero-order valence-corrected chi connectivity index (χ0v) is 8.09. The van der Waals surface area contributed by atoms with Crippen molar-refractivity contribution in [3.63, 3.8) is 0 Å². The highest BCUT2D eigenvalue weighted by Crippen LogP contribution is 2.39. The van der Waals surface area contributed by atoms with Crippen LogP contribution in [0.5, 0.6) is 0 Å². The average Bonchev–Trinajstić information content (AvgIpc) is 2.87. The Hall–Kier alpha value is -0.0400. The normalized spacial score (nSPS) is 36.8. The van der Waals surface area contributed by atoms with Crippen LogP contribution in [0.4, 0.5) is 0 Å². The summed E-state index contributed by atoms with van der Waals surface area (Å²) in [6.45, 7) is 2.25. The third-order valence-corrected chi connectivity index (χ3v) is 3.31. The fraction of sp³-hybridized carbons (Fsp3) is 1.00. The summed E-state index contributed by atoms with van der Waals surface area (Å²) in [5.74, 6) is 0.926. The summed E-state index contributed by atoms with van der Waals surface area (Å²) >= 11 is 0. The second kappa shape index (κ2) is 3.78. The smallest absolute Gasteiger partial charge is 0.0869 e. The first-order chi connectivity index (χ1) is 5.92. The first-order valence-corrected chi connectivity index (χ1v) is 5.57. The molecule has 1 aliphatic carbocycles. The van der Waals surface area contributed by atoms with E-state index >= 15 is 0 Å². The summed E-state index contributed by atoms with van der Waals surface area (Å²) in [4.78, 5) is 0. The number of rotatable bonds is 3. The molecule has 2 aliphatic rings. The van der Waals surface area contributed by atoms with Crippen LogP contribution in [0, 0.1) is 5.92 Å². The third kappa shape index (κ3) is 1.82. The van der Waals surface area contributed by atoms with Gasteiger partial charge in [0, 0.05) is 0 Å². The molecule has 2 unspecified atom stereocenters. The van der Waals surface area contributed by atoms with Crippen LogP contribution in [0.25, 0.3) is 0 Å². The van der Waals surface area contributed by atoms with E-state index in [0.29, 0.717) is 12.2 Å². The van der Waals surface area contributed by atoms with Gasteiger partial charge in [0.25, 0.3) is 0 Å². The van der Waals surface area contributed by atoms with E-state index in [1.165, 1.54) is 44.9 Å². The molecule has 70 valence electrons. The van der Waals surface area contributed by atoms with Gasteiger partial charge in [-0.25, -0.2) is 0 Å². The molecule has 1 saturated carbocycles. The molecule has 12 heavy (non-hydrogen) atoms. The van der Waals surface area contributed by atoms with Crippen LogP contribution in [0.15, 0.2) is 0 Å². The molecule has 2 fully saturated rings. The largest absolute Gasteiger partial charge is 0.369 e. The van der Waals surface area contributed by atoms with Crippen molar-refractivity contribution in [1.29, 1.82) is 0 Å². The quantitative estimate of drug-likeness (QED) is 0.590. The summed E-state index contributed by atoms with van der Waals surface area (Å²) < 4.78 is 5.70. The molecule has 1 heterocycles. The van der Waals surface area contributed by atoms with Gasteiger partial charge in [-0.05, 0) is 25.2 Å². The summed E-state index contributed by atoms with van der Waals surface area (Å²) in [5, 5.41) is 0. The van der Waals surface area contributed by atoms with Crippen molar-refractivity contribution in [3.8, 4) is 0 Å². The van der Waals surface area contributed by atoms with E-state index in [1.807, 2.05) is 0 Å². The first kappa shape index (κ1) is 8.55. The van der Waals surface area contributed by atoms with Gasteiger partial charge < -0.3 is 4.74 Å². The lowest BCUT2D eigenvalue weighted by Crippen LogP contribution is -2.14. The van der Waals surface area contributed by atoms with Gasteiger partial charge in [0.2, 0.25) is 0 Å². The van der Waals surface area contributed by atoms with Crippen LogP contribution >= 0.6 is 0 Å². The summed E-state index contributed by atoms with van der Waals surface area (Å²) in [5.41, 5.74) is 0. The Kier molecular flexibility index (Phi) is 2.69. The van der Waals surface area contributed by atoms with Crippen molar-refractivity contribution in [1.82, 2.24) is 0 Å². The van der Waals surface area contributed by atoms with E-state index in [9.17, 15) is 0 Å². The Morgan fingerprint density at radius 2 is 1.92 bits per heavy atom. The van der Waals surface area contributed by atoms with Crippen LogP contribution in [-0.4, -0.2) is 12.2 Å². The van der Waals surface area contributed by atoms with Crippen LogP contribution < -0.4 is 0 Å². The number of epoxide rings is 1. The molecule has 2 rings (SSSR count). The summed E-state index contributed by atoms with van der Waals surface area (Å²) in [6, 6.07) is 0. The number of hydrogen-bond donors (Lipinski definition) is 0. The molecule has 0 amide bonds. The SMILES string of the molecule is CCCC1OC1C1CCCCC1. The highest BCUT2D eigenvalue weighted by molar-refractivity contribution is 4.91. The van der Waals surface area contributed by atoms with E-state index in [2.05, 4.69) is 6.92 Å². The molecule has 1 saturated heterocycles. The maximum absolute atomic E-state index is 5.70. The monoisotopic (exact) mass is 168 g/mol. The minimum absolute atomic E-state index is 0.651. The van der Waals surface area contributed by atoms with Crippen LogP contribution in [0.2, 0.25) is 0 Å². The number of ether oxygens (including phenoxy) is 1.